The third kappa shape index (κ3) is 3.94. The molecule has 2 fully saturated rings. The fraction of sp³-hybridized carbons (Fsp3) is 0.200. The average molecular weight is 443 g/mol. The summed E-state index contributed by atoms with van der Waals surface area (Å²) in [6, 6.07) is 6.10. The first kappa shape index (κ1) is 19.8. The van der Waals surface area contributed by atoms with E-state index in [1.165, 1.54) is 28.9 Å². The Morgan fingerprint density at radius 3 is 2.66 bits per heavy atom. The molecule has 1 aliphatic heterocycles. The zero-order valence-electron chi connectivity index (χ0n) is 16.3. The summed E-state index contributed by atoms with van der Waals surface area (Å²) in [4.78, 5) is 27.7. The maximum Gasteiger partial charge on any atom is 0.416 e. The van der Waals surface area contributed by atoms with Crippen molar-refractivity contribution < 1.29 is 22.8 Å². The van der Waals surface area contributed by atoms with Crippen LogP contribution in [0.15, 0.2) is 42.2 Å². The molecule has 0 radical (unpaired) electrons. The first-order valence-corrected chi connectivity index (χ1v) is 9.70. The fourth-order valence-electron chi connectivity index (χ4n) is 3.24. The van der Waals surface area contributed by atoms with E-state index >= 15 is 0 Å². The van der Waals surface area contributed by atoms with Gasteiger partial charge in [-0.3, -0.25) is 10.1 Å². The summed E-state index contributed by atoms with van der Waals surface area (Å²) in [6.07, 6.45) is 0.434. The van der Waals surface area contributed by atoms with E-state index in [9.17, 15) is 22.8 Å². The van der Waals surface area contributed by atoms with Crippen molar-refractivity contribution in [3.05, 3.63) is 53.4 Å². The molecule has 2 aromatic heterocycles. The number of amides is 3. The number of anilines is 3. The quantitative estimate of drug-likeness (QED) is 0.356. The zero-order chi connectivity index (χ0) is 22.5. The van der Waals surface area contributed by atoms with Crippen molar-refractivity contribution in [1.82, 2.24) is 25.2 Å². The maximum atomic E-state index is 13.1. The first-order valence-electron chi connectivity index (χ1n) is 9.70. The van der Waals surface area contributed by atoms with Gasteiger partial charge in [0.15, 0.2) is 5.65 Å². The van der Waals surface area contributed by atoms with Crippen LogP contribution in [0.25, 0.3) is 11.7 Å². The van der Waals surface area contributed by atoms with Crippen molar-refractivity contribution in [2.75, 3.05) is 10.6 Å². The highest BCUT2D eigenvalue weighted by molar-refractivity contribution is 6.14. The lowest BCUT2D eigenvalue weighted by atomic mass is 10.2. The Balaban J connectivity index is 1.55. The minimum atomic E-state index is -4.47. The van der Waals surface area contributed by atoms with Crippen LogP contribution in [0, 0.1) is 0 Å². The van der Waals surface area contributed by atoms with Crippen LogP contribution in [0.3, 0.4) is 0 Å². The van der Waals surface area contributed by atoms with Gasteiger partial charge in [0.05, 0.1) is 11.8 Å². The number of hydrogen-bond donors (Lipinski definition) is 4. The second kappa shape index (κ2) is 7.25. The fourth-order valence-corrected chi connectivity index (χ4v) is 3.24. The molecule has 5 rings (SSSR count). The highest BCUT2D eigenvalue weighted by Gasteiger charge is 2.30. The standard InChI is InChI=1S/C20H16F3N7O2/c21-20(22,23)11-2-1-3-13(7-11)25-15-8-16(26-12-4-5-12)30-17(28-15)10(9-24-30)6-14-18(31)29-19(32)27-14/h1-3,6-9,12,26H,4-5H2,(H,25,28)(H2,27,29,31,32)/b14-6-. The molecule has 4 N–H and O–H groups in total. The van der Waals surface area contributed by atoms with E-state index in [1.54, 1.807) is 6.07 Å². The van der Waals surface area contributed by atoms with Gasteiger partial charge >= 0.3 is 12.2 Å². The number of nitrogens with one attached hydrogen (secondary N) is 4. The summed E-state index contributed by atoms with van der Waals surface area (Å²) < 4.78 is 40.7. The summed E-state index contributed by atoms with van der Waals surface area (Å²) in [5.41, 5.74) is 0.281. The number of fused-ring (bicyclic) bond motifs is 1. The number of imide groups is 1. The van der Waals surface area contributed by atoms with Crippen LogP contribution in [0.1, 0.15) is 24.0 Å². The van der Waals surface area contributed by atoms with E-state index in [1.807, 2.05) is 0 Å². The predicted octanol–water partition coefficient (Wildman–Crippen LogP) is 3.25. The molecule has 0 unspecified atom stereocenters. The number of nitrogens with zero attached hydrogens (tertiary/aromatic N) is 3. The minimum absolute atomic E-state index is 0.0413. The van der Waals surface area contributed by atoms with Crippen molar-refractivity contribution in [1.29, 1.82) is 0 Å². The largest absolute Gasteiger partial charge is 0.416 e. The van der Waals surface area contributed by atoms with Crippen molar-refractivity contribution in [2.24, 2.45) is 0 Å². The highest BCUT2D eigenvalue weighted by atomic mass is 19.4. The Morgan fingerprint density at radius 2 is 1.97 bits per heavy atom. The number of rotatable bonds is 5. The molecule has 1 aromatic carbocycles. The predicted molar refractivity (Wildman–Crippen MR) is 109 cm³/mol. The van der Waals surface area contributed by atoms with Crippen LogP contribution in [0.5, 0.6) is 0 Å². The lowest BCUT2D eigenvalue weighted by Gasteiger charge is -2.13. The van der Waals surface area contributed by atoms with E-state index in [-0.39, 0.29) is 17.4 Å². The third-order valence-corrected chi connectivity index (χ3v) is 4.91. The molecule has 3 heterocycles. The van der Waals surface area contributed by atoms with Crippen LogP contribution < -0.4 is 21.3 Å². The third-order valence-electron chi connectivity index (χ3n) is 4.91. The summed E-state index contributed by atoms with van der Waals surface area (Å²) in [7, 11) is 0. The number of alkyl halides is 3. The number of carbonyl (C=O) groups excluding carboxylic acids is 2. The van der Waals surface area contributed by atoms with E-state index < -0.39 is 23.7 Å². The van der Waals surface area contributed by atoms with E-state index in [2.05, 4.69) is 31.3 Å². The number of urea groups is 1. The topological polar surface area (TPSA) is 112 Å². The molecule has 3 aromatic rings. The van der Waals surface area contributed by atoms with Crippen LogP contribution >= 0.6 is 0 Å². The average Bonchev–Trinajstić information content (AvgIpc) is 3.36. The van der Waals surface area contributed by atoms with Crippen molar-refractivity contribution in [3.8, 4) is 0 Å². The minimum Gasteiger partial charge on any atom is -0.367 e. The van der Waals surface area contributed by atoms with Gasteiger partial charge in [0.1, 0.15) is 17.3 Å². The molecule has 1 saturated heterocycles. The molecule has 1 saturated carbocycles. The number of aromatic nitrogens is 3. The van der Waals surface area contributed by atoms with E-state index in [0.717, 1.165) is 25.0 Å². The molecule has 3 amide bonds. The number of hydrogen-bond acceptors (Lipinski definition) is 6. The normalized spacial score (nSPS) is 17.5. The van der Waals surface area contributed by atoms with E-state index in [0.29, 0.717) is 22.8 Å². The van der Waals surface area contributed by atoms with Crippen LogP contribution in [-0.2, 0) is 11.0 Å². The van der Waals surface area contributed by atoms with Gasteiger partial charge < -0.3 is 16.0 Å². The summed E-state index contributed by atoms with van der Waals surface area (Å²) in [5, 5.41) is 15.0. The Bertz CT molecular complexity index is 1280. The summed E-state index contributed by atoms with van der Waals surface area (Å²) in [5.74, 6) is 0.306. The van der Waals surface area contributed by atoms with E-state index in [4.69, 9.17) is 0 Å². The Hall–Kier alpha value is -4.09. The second-order valence-electron chi connectivity index (χ2n) is 7.45. The van der Waals surface area contributed by atoms with Gasteiger partial charge in [-0.05, 0) is 37.1 Å². The molecular weight excluding hydrogens is 427 g/mol. The van der Waals surface area contributed by atoms with Crippen molar-refractivity contribution in [3.63, 3.8) is 0 Å². The van der Waals surface area contributed by atoms with Gasteiger partial charge in [0.25, 0.3) is 5.91 Å². The number of halogens is 3. The molecule has 0 bridgehead atoms. The van der Waals surface area contributed by atoms with Crippen molar-refractivity contribution >= 4 is 41.0 Å². The Morgan fingerprint density at radius 1 is 1.16 bits per heavy atom. The Kier molecular flexibility index (Phi) is 4.50. The Labute approximate surface area is 178 Å². The van der Waals surface area contributed by atoms with Crippen molar-refractivity contribution in [2.45, 2.75) is 25.1 Å². The highest BCUT2D eigenvalue weighted by Crippen LogP contribution is 2.32. The van der Waals surface area contributed by atoms with Crippen LogP contribution in [-0.4, -0.2) is 32.6 Å². The molecule has 0 atom stereocenters. The molecule has 12 heteroatoms. The summed E-state index contributed by atoms with van der Waals surface area (Å²) >= 11 is 0. The number of carbonyl (C=O) groups is 2. The van der Waals surface area contributed by atoms with Gasteiger partial charge in [-0.1, -0.05) is 6.07 Å². The molecule has 164 valence electrons. The van der Waals surface area contributed by atoms with Gasteiger partial charge in [-0.15, -0.1) is 0 Å². The molecule has 1 aliphatic carbocycles. The molecule has 32 heavy (non-hydrogen) atoms. The van der Waals surface area contributed by atoms with Gasteiger partial charge in [0, 0.05) is 23.4 Å². The van der Waals surface area contributed by atoms with Gasteiger partial charge in [-0.25, -0.2) is 9.78 Å². The maximum absolute atomic E-state index is 13.1. The summed E-state index contributed by atoms with van der Waals surface area (Å²) in [6.45, 7) is 0. The first-order chi connectivity index (χ1) is 15.3. The second-order valence-corrected chi connectivity index (χ2v) is 7.45. The zero-order valence-corrected chi connectivity index (χ0v) is 16.3. The monoisotopic (exact) mass is 443 g/mol. The molecular formula is C20H16F3N7O2. The smallest absolute Gasteiger partial charge is 0.367 e. The lowest BCUT2D eigenvalue weighted by Crippen LogP contribution is -2.22. The molecule has 2 aliphatic rings. The van der Waals surface area contributed by atoms with Gasteiger partial charge in [-0.2, -0.15) is 22.8 Å². The SMILES string of the molecule is O=C1NC(=O)/C(=C/c2cnn3c(NC4CC4)cc(Nc4cccc(C(F)(F)F)c4)nc23)N1. The van der Waals surface area contributed by atoms with Crippen LogP contribution in [0.4, 0.5) is 35.3 Å². The van der Waals surface area contributed by atoms with Gasteiger partial charge in [0.2, 0.25) is 0 Å². The molecule has 0 spiro atoms. The van der Waals surface area contributed by atoms with Crippen LogP contribution in [0.2, 0.25) is 0 Å². The number of benzene rings is 1. The molecule has 9 nitrogen and oxygen atoms in total. The lowest BCUT2D eigenvalue weighted by molar-refractivity contribution is -0.137.